The minimum absolute atomic E-state index is 0.000136. The predicted octanol–water partition coefficient (Wildman–Crippen LogP) is 0.683. The van der Waals surface area contributed by atoms with E-state index >= 15 is 0 Å². The number of carbonyl (C=O) groups excluding carboxylic acids is 1. The largest absolute Gasteiger partial charge is 0.461 e. The number of hydrogen-bond acceptors (Lipinski definition) is 5. The number of nitrogens with zero attached hydrogens (tertiary/aromatic N) is 3. The fourth-order valence-corrected chi connectivity index (χ4v) is 1.56. The summed E-state index contributed by atoms with van der Waals surface area (Å²) in [5.41, 5.74) is -0.288. The molecule has 7 nitrogen and oxygen atoms in total. The van der Waals surface area contributed by atoms with Crippen molar-refractivity contribution in [1.82, 2.24) is 19.6 Å². The quantitative estimate of drug-likeness (QED) is 0.636. The third-order valence-corrected chi connectivity index (χ3v) is 2.44. The molecule has 2 heterocycles. The molecule has 0 aliphatic rings. The molecule has 96 valence electrons. The number of esters is 1. The molecular weight excluding hydrogens is 236 g/mol. The Morgan fingerprint density at radius 2 is 2.33 bits per heavy atom. The van der Waals surface area contributed by atoms with Crippen LogP contribution in [-0.2, 0) is 4.74 Å². The predicted molar refractivity (Wildman–Crippen MR) is 63.5 cm³/mol. The lowest BCUT2D eigenvalue weighted by Gasteiger charge is -2.01. The molecule has 2 rings (SSSR count). The SMILES string of the molecule is CCCCOC(=O)c1ncn2nc(C)[nH]c(=O)c12. The maximum Gasteiger partial charge on any atom is 0.359 e. The number of aryl methyl sites for hydroxylation is 1. The van der Waals surface area contributed by atoms with E-state index < -0.39 is 11.5 Å². The zero-order chi connectivity index (χ0) is 13.1. The van der Waals surface area contributed by atoms with Crippen LogP contribution in [-0.4, -0.2) is 32.2 Å². The first-order valence-electron chi connectivity index (χ1n) is 5.75. The van der Waals surface area contributed by atoms with E-state index in [0.29, 0.717) is 12.4 Å². The summed E-state index contributed by atoms with van der Waals surface area (Å²) in [5, 5.41) is 4.03. The van der Waals surface area contributed by atoms with Gasteiger partial charge in [-0.15, -0.1) is 0 Å². The van der Waals surface area contributed by atoms with Gasteiger partial charge in [-0.1, -0.05) is 13.3 Å². The second-order valence-corrected chi connectivity index (χ2v) is 3.92. The van der Waals surface area contributed by atoms with Gasteiger partial charge in [0.05, 0.1) is 6.61 Å². The van der Waals surface area contributed by atoms with E-state index in [0.717, 1.165) is 12.8 Å². The summed E-state index contributed by atoms with van der Waals surface area (Å²) in [4.78, 5) is 29.9. The highest BCUT2D eigenvalue weighted by Crippen LogP contribution is 2.05. The second-order valence-electron chi connectivity index (χ2n) is 3.92. The van der Waals surface area contributed by atoms with Gasteiger partial charge in [-0.25, -0.2) is 14.3 Å². The van der Waals surface area contributed by atoms with Crippen LogP contribution in [0.15, 0.2) is 11.1 Å². The number of aromatic amines is 1. The third-order valence-electron chi connectivity index (χ3n) is 2.44. The maximum absolute atomic E-state index is 11.8. The van der Waals surface area contributed by atoms with Crippen molar-refractivity contribution >= 4 is 11.5 Å². The Morgan fingerprint density at radius 3 is 3.06 bits per heavy atom. The average molecular weight is 250 g/mol. The van der Waals surface area contributed by atoms with Gasteiger partial charge in [0, 0.05) is 0 Å². The molecule has 1 N–H and O–H groups in total. The topological polar surface area (TPSA) is 89.3 Å². The van der Waals surface area contributed by atoms with Crippen molar-refractivity contribution < 1.29 is 9.53 Å². The zero-order valence-electron chi connectivity index (χ0n) is 10.3. The second kappa shape index (κ2) is 4.99. The highest BCUT2D eigenvalue weighted by Gasteiger charge is 2.18. The molecule has 7 heteroatoms. The van der Waals surface area contributed by atoms with Crippen molar-refractivity contribution in [3.63, 3.8) is 0 Å². The first kappa shape index (κ1) is 12.3. The monoisotopic (exact) mass is 250 g/mol. The molecular formula is C11H14N4O3. The van der Waals surface area contributed by atoms with Gasteiger partial charge in [0.2, 0.25) is 0 Å². The first-order valence-corrected chi connectivity index (χ1v) is 5.75. The number of fused-ring (bicyclic) bond motifs is 1. The number of ether oxygens (including phenoxy) is 1. The van der Waals surface area contributed by atoms with Gasteiger partial charge in [-0.2, -0.15) is 5.10 Å². The number of unbranched alkanes of at least 4 members (excludes halogenated alkanes) is 1. The summed E-state index contributed by atoms with van der Waals surface area (Å²) < 4.78 is 6.31. The van der Waals surface area contributed by atoms with Crippen LogP contribution in [0.25, 0.3) is 5.52 Å². The highest BCUT2D eigenvalue weighted by atomic mass is 16.5. The van der Waals surface area contributed by atoms with E-state index in [2.05, 4.69) is 15.1 Å². The van der Waals surface area contributed by atoms with Gasteiger partial charge in [0.1, 0.15) is 12.2 Å². The van der Waals surface area contributed by atoms with Crippen LogP contribution in [0, 0.1) is 6.92 Å². The molecule has 0 aliphatic heterocycles. The molecule has 2 aromatic heterocycles. The van der Waals surface area contributed by atoms with Crippen LogP contribution in [0.4, 0.5) is 0 Å². The number of nitrogens with one attached hydrogen (secondary N) is 1. The molecule has 0 saturated heterocycles. The van der Waals surface area contributed by atoms with Crippen LogP contribution in [0.5, 0.6) is 0 Å². The minimum atomic E-state index is -0.595. The van der Waals surface area contributed by atoms with E-state index in [1.54, 1.807) is 6.92 Å². The van der Waals surface area contributed by atoms with Crippen LogP contribution < -0.4 is 5.56 Å². The average Bonchev–Trinajstić information content (AvgIpc) is 2.73. The molecule has 0 atom stereocenters. The smallest absolute Gasteiger partial charge is 0.359 e. The van der Waals surface area contributed by atoms with E-state index in [4.69, 9.17) is 4.74 Å². The number of hydrogen-bond donors (Lipinski definition) is 1. The summed E-state index contributed by atoms with van der Waals surface area (Å²) in [5.74, 6) is -0.141. The summed E-state index contributed by atoms with van der Waals surface area (Å²) in [7, 11) is 0. The molecule has 0 aliphatic carbocycles. The number of aromatic nitrogens is 4. The normalized spacial score (nSPS) is 10.8. The Balaban J connectivity index is 2.34. The van der Waals surface area contributed by atoms with Crippen molar-refractivity contribution in [2.45, 2.75) is 26.7 Å². The lowest BCUT2D eigenvalue weighted by Crippen LogP contribution is -2.17. The van der Waals surface area contributed by atoms with Gasteiger partial charge in [0.25, 0.3) is 5.56 Å². The van der Waals surface area contributed by atoms with E-state index in [1.165, 1.54) is 10.8 Å². The van der Waals surface area contributed by atoms with E-state index in [1.807, 2.05) is 6.92 Å². The molecule has 0 fully saturated rings. The fourth-order valence-electron chi connectivity index (χ4n) is 1.56. The first-order chi connectivity index (χ1) is 8.63. The number of imidazole rings is 1. The zero-order valence-corrected chi connectivity index (χ0v) is 10.3. The molecule has 2 aromatic rings. The van der Waals surface area contributed by atoms with Crippen LogP contribution in [0.2, 0.25) is 0 Å². The van der Waals surface area contributed by atoms with Gasteiger partial charge in [-0.3, -0.25) is 4.79 Å². The fraction of sp³-hybridized carbons (Fsp3) is 0.455. The van der Waals surface area contributed by atoms with Crippen molar-refractivity contribution in [2.75, 3.05) is 6.61 Å². The van der Waals surface area contributed by atoms with Crippen molar-refractivity contribution in [3.8, 4) is 0 Å². The lowest BCUT2D eigenvalue weighted by molar-refractivity contribution is 0.0495. The Labute approximate surface area is 103 Å². The summed E-state index contributed by atoms with van der Waals surface area (Å²) >= 11 is 0. The molecule has 0 saturated carbocycles. The van der Waals surface area contributed by atoms with E-state index in [-0.39, 0.29) is 11.2 Å². The van der Waals surface area contributed by atoms with Crippen molar-refractivity contribution in [1.29, 1.82) is 0 Å². The summed E-state index contributed by atoms with van der Waals surface area (Å²) in [6, 6.07) is 0. The summed E-state index contributed by atoms with van der Waals surface area (Å²) in [6.07, 6.45) is 3.04. The third kappa shape index (κ3) is 2.24. The van der Waals surface area contributed by atoms with Crippen LogP contribution in [0.3, 0.4) is 0 Å². The standard InChI is InChI=1S/C11H14N4O3/c1-3-4-5-18-11(17)8-9-10(16)13-7(2)14-15(9)6-12-8/h6H,3-5H2,1-2H3,(H,13,14,16). The minimum Gasteiger partial charge on any atom is -0.461 e. The maximum atomic E-state index is 11.8. The Morgan fingerprint density at radius 1 is 1.56 bits per heavy atom. The molecule has 18 heavy (non-hydrogen) atoms. The van der Waals surface area contributed by atoms with Gasteiger partial charge >= 0.3 is 5.97 Å². The molecule has 0 bridgehead atoms. The number of rotatable bonds is 4. The Hall–Kier alpha value is -2.18. The molecule has 0 unspecified atom stereocenters. The van der Waals surface area contributed by atoms with Gasteiger partial charge in [-0.05, 0) is 13.3 Å². The van der Waals surface area contributed by atoms with Gasteiger partial charge in [0.15, 0.2) is 11.2 Å². The van der Waals surface area contributed by atoms with Gasteiger partial charge < -0.3 is 9.72 Å². The molecule has 0 spiro atoms. The number of H-pyrrole nitrogens is 1. The lowest BCUT2D eigenvalue weighted by atomic mass is 10.3. The van der Waals surface area contributed by atoms with Crippen molar-refractivity contribution in [3.05, 3.63) is 28.2 Å². The molecule has 0 radical (unpaired) electrons. The Kier molecular flexibility index (Phi) is 3.40. The molecule has 0 amide bonds. The summed E-state index contributed by atoms with van der Waals surface area (Å²) in [6.45, 7) is 3.98. The van der Waals surface area contributed by atoms with Crippen LogP contribution in [0.1, 0.15) is 36.1 Å². The highest BCUT2D eigenvalue weighted by molar-refractivity contribution is 5.94. The number of carbonyl (C=O) groups is 1. The van der Waals surface area contributed by atoms with Crippen molar-refractivity contribution in [2.24, 2.45) is 0 Å². The Bertz CT molecular complexity index is 629. The molecule has 0 aromatic carbocycles. The van der Waals surface area contributed by atoms with E-state index in [9.17, 15) is 9.59 Å². The van der Waals surface area contributed by atoms with Crippen LogP contribution >= 0.6 is 0 Å².